The number of hydrogen-bond donors (Lipinski definition) is 4. The van der Waals surface area contributed by atoms with Gasteiger partial charge in [-0.05, 0) is 102 Å². The zero-order chi connectivity index (χ0) is 55.2. The average molecular weight is 1080 g/mol. The smallest absolute Gasteiger partial charge is 0.410 e. The molecule has 1 unspecified atom stereocenters. The molecular weight excluding hydrogens is 1010 g/mol. The Morgan fingerprint density at radius 3 is 1.71 bits per heavy atom. The van der Waals surface area contributed by atoms with Crippen LogP contribution in [-0.2, 0) is 71.3 Å². The summed E-state index contributed by atoms with van der Waals surface area (Å²) >= 11 is 0. The minimum Gasteiger partial charge on any atom is -0.493 e. The Morgan fingerprint density at radius 2 is 1.23 bits per heavy atom. The molecule has 4 aliphatic carbocycles. The Labute approximate surface area is 445 Å². The van der Waals surface area contributed by atoms with Crippen LogP contribution in [0.3, 0.4) is 0 Å². The lowest BCUT2D eigenvalue weighted by Gasteiger charge is -2.61. The van der Waals surface area contributed by atoms with E-state index in [1.807, 2.05) is 38.4 Å². The number of likely N-dealkylation sites (N-methyl/N-ethyl adjacent to an activating group) is 2. The molecule has 2 saturated heterocycles. The summed E-state index contributed by atoms with van der Waals surface area (Å²) in [6, 6.07) is 6.33. The second-order valence-electron chi connectivity index (χ2n) is 20.9. The van der Waals surface area contributed by atoms with Gasteiger partial charge in [0.05, 0.1) is 49.5 Å². The summed E-state index contributed by atoms with van der Waals surface area (Å²) in [6.45, 7) is 1.71. The lowest BCUT2D eigenvalue weighted by Crippen LogP contribution is -2.74. The fraction of sp³-hybridized carbons (Fsp3) is 0.593. The van der Waals surface area contributed by atoms with Gasteiger partial charge >= 0.3 is 30.1 Å². The molecule has 9 atom stereocenters. The Kier molecular flexibility index (Phi) is 15.6. The first-order chi connectivity index (χ1) is 36.8. The van der Waals surface area contributed by atoms with Gasteiger partial charge in [-0.25, -0.2) is 19.2 Å². The Bertz CT molecular complexity index is 2750. The predicted octanol–water partition coefficient (Wildman–Crippen LogP) is 2.31. The third-order valence-corrected chi connectivity index (χ3v) is 16.9. The maximum absolute atomic E-state index is 13.4. The summed E-state index contributed by atoms with van der Waals surface area (Å²) < 4.78 is 55.5. The average Bonchev–Trinajstić information content (AvgIpc) is 3.97. The maximum atomic E-state index is 13.4. The molecule has 2 aromatic rings. The van der Waals surface area contributed by atoms with Crippen LogP contribution in [0, 0.1) is 0 Å². The molecule has 4 bridgehead atoms. The van der Waals surface area contributed by atoms with Gasteiger partial charge in [0, 0.05) is 56.7 Å². The van der Waals surface area contributed by atoms with E-state index in [0.29, 0.717) is 55.2 Å². The zero-order valence-electron chi connectivity index (χ0n) is 44.4. The van der Waals surface area contributed by atoms with Crippen molar-refractivity contribution in [1.82, 2.24) is 20.0 Å². The molecule has 2 spiro atoms. The highest BCUT2D eigenvalue weighted by molar-refractivity contribution is 5.84. The first kappa shape index (κ1) is 55.3. The molecular formula is C54H68N4O19. The number of nitrogens with zero attached hydrogens (tertiary/aromatic N) is 3. The van der Waals surface area contributed by atoms with Crippen molar-refractivity contribution in [2.75, 3.05) is 95.1 Å². The Balaban J connectivity index is 0.000000188. The molecule has 2 amide bonds. The third-order valence-electron chi connectivity index (χ3n) is 16.9. The molecule has 4 aliphatic heterocycles. The number of rotatable bonds is 19. The number of amides is 2. The summed E-state index contributed by atoms with van der Waals surface area (Å²) in [7, 11) is 10.0. The predicted molar refractivity (Wildman–Crippen MR) is 268 cm³/mol. The van der Waals surface area contributed by atoms with Crippen LogP contribution in [0.4, 0.5) is 9.59 Å². The standard InChI is InChI=1S/C28H36N2O9.C26H32N2O10/c1-16(31)5-7-18(29-26(33)37-14-13-35-3)25(32)38-20-9-10-28(34)21-15-17-6-8-19(36-4)23-22(17)27(28,24(20)39-23)11-12-30(21)2;1-27-9-8-25-21-15-4-5-16(35-3)22(21)38-23(25)17(6-7-26(25,33)18(27)12-15)37-20(31)14-28(13-19(29)30)24(32)36-11-10-34-2/h6,8-9,18,21,24,34H,5,7,10-15H2,1-4H3,(H,29,33);4-6,18,23,33H,7-14H2,1-3H3,(H,29,30)/t18?,21-,24+,27+,28-;18-,23+,25+,26-/m11/s1. The summed E-state index contributed by atoms with van der Waals surface area (Å²) in [6.07, 6.45) is 3.14. The largest absolute Gasteiger partial charge is 0.493 e. The van der Waals surface area contributed by atoms with Gasteiger partial charge in [-0.1, -0.05) is 12.1 Å². The van der Waals surface area contributed by atoms with Crippen molar-refractivity contribution in [3.63, 3.8) is 0 Å². The van der Waals surface area contributed by atoms with Gasteiger partial charge in [0.2, 0.25) is 0 Å². The highest BCUT2D eigenvalue weighted by Gasteiger charge is 2.73. The maximum Gasteiger partial charge on any atom is 0.410 e. The molecule has 8 aliphatic rings. The molecule has 4 heterocycles. The number of carbonyl (C=O) groups excluding carboxylic acids is 5. The number of carboxylic acid groups (broad SMARTS) is 1. The van der Waals surface area contributed by atoms with E-state index in [0.717, 1.165) is 33.7 Å². The Hall–Kier alpha value is -6.50. The van der Waals surface area contributed by atoms with E-state index < -0.39 is 83.5 Å². The van der Waals surface area contributed by atoms with Crippen LogP contribution in [0.2, 0.25) is 0 Å². The molecule has 0 radical (unpaired) electrons. The molecule has 2 aromatic carbocycles. The number of benzene rings is 2. The number of carbonyl (C=O) groups is 6. The number of hydrogen-bond acceptors (Lipinski definition) is 20. The van der Waals surface area contributed by atoms with Gasteiger partial charge in [0.25, 0.3) is 0 Å². The summed E-state index contributed by atoms with van der Waals surface area (Å²) in [5.41, 5.74) is -0.0172. The van der Waals surface area contributed by atoms with E-state index in [1.54, 1.807) is 26.4 Å². The quantitative estimate of drug-likeness (QED) is 0.0893. The fourth-order valence-corrected chi connectivity index (χ4v) is 13.3. The number of Topliss-reactive ketones (excluding diaryl/α,β-unsaturated/α-hetero) is 1. The molecule has 77 heavy (non-hydrogen) atoms. The SMILES string of the molecule is COCCOC(=O)N(CC(=O)O)CC(=O)OC1=CC[C@@]2(O)[C@H]3Cc4ccc(OC)c5c4[C@@]2(CCN3C)[C@H]1O5.COCCOC(=O)NC(CCC(C)=O)C(=O)OC1=CC[C@@]2(O)[C@H]3Cc4ccc(OC)c5c4[C@@]2(CCN3C)[C@H]1O5. The van der Waals surface area contributed by atoms with E-state index in [-0.39, 0.29) is 81.5 Å². The van der Waals surface area contributed by atoms with Crippen molar-refractivity contribution in [2.45, 2.75) is 111 Å². The van der Waals surface area contributed by atoms with Gasteiger partial charge in [-0.15, -0.1) is 0 Å². The number of aliphatic hydroxyl groups is 2. The van der Waals surface area contributed by atoms with E-state index in [1.165, 1.54) is 21.1 Å². The van der Waals surface area contributed by atoms with Crippen LogP contribution < -0.4 is 24.3 Å². The van der Waals surface area contributed by atoms with Crippen LogP contribution in [0.5, 0.6) is 23.0 Å². The highest BCUT2D eigenvalue weighted by Crippen LogP contribution is 2.67. The minimum absolute atomic E-state index is 0.0109. The molecule has 2 fully saturated rings. The zero-order valence-corrected chi connectivity index (χ0v) is 44.4. The van der Waals surface area contributed by atoms with Gasteiger partial charge in [-0.2, -0.15) is 0 Å². The lowest BCUT2D eigenvalue weighted by atomic mass is 9.50. The van der Waals surface area contributed by atoms with Crippen molar-refractivity contribution < 1.29 is 91.5 Å². The number of ether oxygens (including phenoxy) is 10. The third kappa shape index (κ3) is 9.30. The van der Waals surface area contributed by atoms with Gasteiger partial charge in [-0.3, -0.25) is 9.69 Å². The monoisotopic (exact) mass is 1080 g/mol. The highest BCUT2D eigenvalue weighted by atomic mass is 16.6. The van der Waals surface area contributed by atoms with Gasteiger partial charge < -0.3 is 82.6 Å². The molecule has 10 rings (SSSR count). The number of alkyl carbamates (subject to hydrolysis) is 1. The van der Waals surface area contributed by atoms with E-state index in [9.17, 15) is 44.1 Å². The van der Waals surface area contributed by atoms with Crippen molar-refractivity contribution in [3.8, 4) is 23.0 Å². The number of nitrogens with one attached hydrogen (secondary N) is 1. The second-order valence-corrected chi connectivity index (χ2v) is 20.9. The fourth-order valence-electron chi connectivity index (χ4n) is 13.3. The molecule has 418 valence electrons. The molecule has 0 aromatic heterocycles. The minimum atomic E-state index is -1.31. The van der Waals surface area contributed by atoms with Crippen molar-refractivity contribution >= 4 is 35.9 Å². The molecule has 23 heteroatoms. The van der Waals surface area contributed by atoms with Gasteiger partial charge in [0.15, 0.2) is 35.2 Å². The first-order valence-corrected chi connectivity index (χ1v) is 25.8. The summed E-state index contributed by atoms with van der Waals surface area (Å²) in [5, 5.41) is 36.3. The number of piperidine rings is 2. The number of ketones is 1. The van der Waals surface area contributed by atoms with Crippen LogP contribution in [0.25, 0.3) is 0 Å². The van der Waals surface area contributed by atoms with Crippen molar-refractivity contribution in [1.29, 1.82) is 0 Å². The molecule has 0 saturated carbocycles. The molecule has 4 N–H and O–H groups in total. The lowest BCUT2D eigenvalue weighted by molar-refractivity contribution is -0.170. The normalized spacial score (nSPS) is 28.7. The number of likely N-dealkylation sites (tertiary alicyclic amines) is 2. The Morgan fingerprint density at radius 1 is 0.727 bits per heavy atom. The van der Waals surface area contributed by atoms with E-state index in [4.69, 9.17) is 47.4 Å². The number of aliphatic carboxylic acids is 1. The molecule has 23 nitrogen and oxygen atoms in total. The number of methoxy groups -OCH3 is 4. The first-order valence-electron chi connectivity index (χ1n) is 25.8. The summed E-state index contributed by atoms with van der Waals surface area (Å²) in [4.78, 5) is 79.2. The second kappa shape index (κ2) is 21.7. The van der Waals surface area contributed by atoms with Gasteiger partial charge in [0.1, 0.15) is 49.6 Å². The van der Waals surface area contributed by atoms with Crippen LogP contribution in [0.1, 0.15) is 67.7 Å². The van der Waals surface area contributed by atoms with Crippen molar-refractivity contribution in [3.05, 3.63) is 70.2 Å². The van der Waals surface area contributed by atoms with Crippen LogP contribution in [0.15, 0.2) is 47.9 Å². The van der Waals surface area contributed by atoms with E-state index >= 15 is 0 Å². The summed E-state index contributed by atoms with van der Waals surface area (Å²) in [5.74, 6) is -0.332. The topological polar surface area (TPSA) is 277 Å². The van der Waals surface area contributed by atoms with Crippen LogP contribution >= 0.6 is 0 Å². The van der Waals surface area contributed by atoms with Crippen LogP contribution in [-0.4, -0.2) is 203 Å². The number of carboxylic acids is 1. The van der Waals surface area contributed by atoms with Crippen molar-refractivity contribution in [2.24, 2.45) is 0 Å². The van der Waals surface area contributed by atoms with E-state index in [2.05, 4.69) is 15.1 Å². The number of esters is 2.